The third-order valence-electron chi connectivity index (χ3n) is 4.30. The number of benzene rings is 2. The summed E-state index contributed by atoms with van der Waals surface area (Å²) in [6.07, 6.45) is 2.28. The zero-order chi connectivity index (χ0) is 20.4. The SMILES string of the molecule is Cc1ccc(Cn2c(Sc3ncc([N+](=O)[O-])cn3)nc3ccccc3c2=O)cc1. The lowest BCUT2D eigenvalue weighted by molar-refractivity contribution is -0.385. The molecule has 0 saturated heterocycles. The number of aromatic nitrogens is 4. The van der Waals surface area contributed by atoms with Gasteiger partial charge in [-0.15, -0.1) is 0 Å². The zero-order valence-corrected chi connectivity index (χ0v) is 16.2. The van der Waals surface area contributed by atoms with Crippen LogP contribution in [0.5, 0.6) is 0 Å². The van der Waals surface area contributed by atoms with Gasteiger partial charge in [0.15, 0.2) is 10.3 Å². The van der Waals surface area contributed by atoms with Crippen LogP contribution in [0.2, 0.25) is 0 Å². The second-order valence-electron chi connectivity index (χ2n) is 6.37. The molecule has 0 spiro atoms. The fraction of sp³-hybridized carbons (Fsp3) is 0.100. The van der Waals surface area contributed by atoms with E-state index in [1.165, 1.54) is 0 Å². The van der Waals surface area contributed by atoms with Gasteiger partial charge in [0.2, 0.25) is 0 Å². The summed E-state index contributed by atoms with van der Waals surface area (Å²) in [6.45, 7) is 2.34. The van der Waals surface area contributed by atoms with Crippen LogP contribution in [-0.2, 0) is 6.54 Å². The lowest BCUT2D eigenvalue weighted by atomic mass is 10.1. The molecule has 0 aliphatic rings. The first kappa shape index (κ1) is 18.8. The molecular weight excluding hydrogens is 390 g/mol. The molecule has 8 nitrogen and oxygen atoms in total. The smallest absolute Gasteiger partial charge is 0.282 e. The molecule has 2 aromatic heterocycles. The number of rotatable bonds is 5. The second-order valence-corrected chi connectivity index (χ2v) is 7.31. The normalized spacial score (nSPS) is 10.9. The molecule has 0 saturated carbocycles. The summed E-state index contributed by atoms with van der Waals surface area (Å²) in [7, 11) is 0. The number of hydrogen-bond acceptors (Lipinski definition) is 7. The van der Waals surface area contributed by atoms with Gasteiger partial charge in [-0.05, 0) is 36.4 Å². The van der Waals surface area contributed by atoms with Crippen LogP contribution in [0.4, 0.5) is 5.69 Å². The van der Waals surface area contributed by atoms with Gasteiger partial charge in [-0.1, -0.05) is 42.0 Å². The highest BCUT2D eigenvalue weighted by molar-refractivity contribution is 7.99. The number of nitro groups is 1. The third kappa shape index (κ3) is 3.99. The minimum Gasteiger partial charge on any atom is -0.282 e. The number of nitrogens with zero attached hydrogens (tertiary/aromatic N) is 5. The van der Waals surface area contributed by atoms with Crippen molar-refractivity contribution in [3.8, 4) is 0 Å². The monoisotopic (exact) mass is 405 g/mol. The second kappa shape index (κ2) is 7.80. The zero-order valence-electron chi connectivity index (χ0n) is 15.3. The Bertz CT molecular complexity index is 1250. The van der Waals surface area contributed by atoms with E-state index in [9.17, 15) is 14.9 Å². The highest BCUT2D eigenvalue weighted by Crippen LogP contribution is 2.25. The van der Waals surface area contributed by atoms with Gasteiger partial charge in [0.1, 0.15) is 12.4 Å². The predicted octanol–water partition coefficient (Wildman–Crippen LogP) is 3.60. The molecule has 29 heavy (non-hydrogen) atoms. The van der Waals surface area contributed by atoms with Gasteiger partial charge in [-0.2, -0.15) is 0 Å². The number of hydrogen-bond donors (Lipinski definition) is 0. The van der Waals surface area contributed by atoms with Crippen LogP contribution in [0, 0.1) is 17.0 Å². The highest BCUT2D eigenvalue weighted by Gasteiger charge is 2.15. The summed E-state index contributed by atoms with van der Waals surface area (Å²) < 4.78 is 1.57. The number of fused-ring (bicyclic) bond motifs is 1. The molecule has 4 aromatic rings. The molecule has 2 heterocycles. The van der Waals surface area contributed by atoms with Crippen LogP contribution in [0.3, 0.4) is 0 Å². The van der Waals surface area contributed by atoms with Crippen molar-refractivity contribution in [2.24, 2.45) is 0 Å². The number of aryl methyl sites for hydroxylation is 1. The van der Waals surface area contributed by atoms with Crippen LogP contribution in [0.1, 0.15) is 11.1 Å². The average Bonchev–Trinajstić information content (AvgIpc) is 2.73. The summed E-state index contributed by atoms with van der Waals surface area (Å²) in [5, 5.41) is 12.0. The van der Waals surface area contributed by atoms with E-state index in [-0.39, 0.29) is 16.4 Å². The van der Waals surface area contributed by atoms with Gasteiger partial charge in [0.05, 0.1) is 22.4 Å². The summed E-state index contributed by atoms with van der Waals surface area (Å²) in [5.74, 6) is 0. The van der Waals surface area contributed by atoms with Crippen molar-refractivity contribution in [2.75, 3.05) is 0 Å². The molecule has 0 unspecified atom stereocenters. The van der Waals surface area contributed by atoms with Crippen LogP contribution < -0.4 is 5.56 Å². The predicted molar refractivity (Wildman–Crippen MR) is 109 cm³/mol. The maximum absolute atomic E-state index is 13.1. The Balaban J connectivity index is 1.79. The largest absolute Gasteiger partial charge is 0.305 e. The first-order valence-electron chi connectivity index (χ1n) is 8.71. The molecule has 2 aromatic carbocycles. The van der Waals surface area contributed by atoms with Crippen LogP contribution >= 0.6 is 11.8 Å². The molecule has 0 aliphatic carbocycles. The molecular formula is C20H15N5O3S. The van der Waals surface area contributed by atoms with Crippen molar-refractivity contribution in [1.29, 1.82) is 0 Å². The Hall–Kier alpha value is -3.59. The van der Waals surface area contributed by atoms with E-state index in [1.54, 1.807) is 22.8 Å². The van der Waals surface area contributed by atoms with Crippen molar-refractivity contribution >= 4 is 28.4 Å². The van der Waals surface area contributed by atoms with Gasteiger partial charge >= 0.3 is 5.69 Å². The molecule has 0 N–H and O–H groups in total. The van der Waals surface area contributed by atoms with E-state index < -0.39 is 4.92 Å². The topological polar surface area (TPSA) is 104 Å². The van der Waals surface area contributed by atoms with Crippen LogP contribution in [0.25, 0.3) is 10.9 Å². The van der Waals surface area contributed by atoms with E-state index >= 15 is 0 Å². The van der Waals surface area contributed by atoms with Crippen molar-refractivity contribution in [3.63, 3.8) is 0 Å². The summed E-state index contributed by atoms with van der Waals surface area (Å²) in [4.78, 5) is 36.0. The van der Waals surface area contributed by atoms with Crippen molar-refractivity contribution in [3.05, 3.63) is 92.5 Å². The minimum atomic E-state index is -0.559. The highest BCUT2D eigenvalue weighted by atomic mass is 32.2. The van der Waals surface area contributed by atoms with Gasteiger partial charge in [-0.3, -0.25) is 19.5 Å². The first-order chi connectivity index (χ1) is 14.0. The maximum atomic E-state index is 13.1. The van der Waals surface area contributed by atoms with Crippen molar-refractivity contribution in [1.82, 2.24) is 19.5 Å². The maximum Gasteiger partial charge on any atom is 0.305 e. The van der Waals surface area contributed by atoms with E-state index in [4.69, 9.17) is 0 Å². The Kier molecular flexibility index (Phi) is 5.05. The minimum absolute atomic E-state index is 0.166. The fourth-order valence-electron chi connectivity index (χ4n) is 2.78. The summed E-state index contributed by atoms with van der Waals surface area (Å²) in [6, 6.07) is 15.0. The Morgan fingerprint density at radius 3 is 2.45 bits per heavy atom. The van der Waals surface area contributed by atoms with Crippen molar-refractivity contribution < 1.29 is 4.92 Å². The third-order valence-corrected chi connectivity index (χ3v) is 5.18. The van der Waals surface area contributed by atoms with Gasteiger partial charge in [0, 0.05) is 0 Å². The molecule has 0 amide bonds. The lowest BCUT2D eigenvalue weighted by Crippen LogP contribution is -2.24. The molecule has 0 radical (unpaired) electrons. The number of para-hydroxylation sites is 1. The van der Waals surface area contributed by atoms with Gasteiger partial charge in [-0.25, -0.2) is 15.0 Å². The molecule has 0 atom stereocenters. The van der Waals surface area contributed by atoms with Crippen LogP contribution in [0.15, 0.2) is 76.0 Å². The molecule has 4 rings (SSSR count). The Labute approximate surface area is 169 Å². The first-order valence-corrected chi connectivity index (χ1v) is 9.52. The van der Waals surface area contributed by atoms with Crippen molar-refractivity contribution in [2.45, 2.75) is 23.8 Å². The molecule has 0 bridgehead atoms. The fourth-order valence-corrected chi connectivity index (χ4v) is 3.55. The molecule has 0 fully saturated rings. The van der Waals surface area contributed by atoms with E-state index in [2.05, 4.69) is 15.0 Å². The van der Waals surface area contributed by atoms with Crippen LogP contribution in [-0.4, -0.2) is 24.4 Å². The van der Waals surface area contributed by atoms with E-state index in [0.717, 1.165) is 35.3 Å². The standard InChI is InChI=1S/C20H15N5O3S/c1-13-6-8-14(9-7-13)12-24-18(26)16-4-2-3-5-17(16)23-20(24)29-19-21-10-15(11-22-19)25(27)28/h2-11H,12H2,1H3. The molecule has 144 valence electrons. The molecule has 9 heteroatoms. The Morgan fingerprint density at radius 1 is 1.07 bits per heavy atom. The average molecular weight is 405 g/mol. The quantitative estimate of drug-likeness (QED) is 0.284. The van der Waals surface area contributed by atoms with E-state index in [1.807, 2.05) is 37.3 Å². The van der Waals surface area contributed by atoms with Gasteiger partial charge in [0.25, 0.3) is 5.56 Å². The summed E-state index contributed by atoms with van der Waals surface area (Å²) >= 11 is 1.09. The van der Waals surface area contributed by atoms with E-state index in [0.29, 0.717) is 22.6 Å². The summed E-state index contributed by atoms with van der Waals surface area (Å²) in [5.41, 5.74) is 2.30. The Morgan fingerprint density at radius 2 is 1.76 bits per heavy atom. The lowest BCUT2D eigenvalue weighted by Gasteiger charge is -2.13. The van der Waals surface area contributed by atoms with Gasteiger partial charge < -0.3 is 0 Å². The molecule has 0 aliphatic heterocycles.